The van der Waals surface area contributed by atoms with Gasteiger partial charge in [-0.05, 0) is 53.4 Å². The highest BCUT2D eigenvalue weighted by Gasteiger charge is 2.22. The predicted octanol–water partition coefficient (Wildman–Crippen LogP) is 7.85. The van der Waals surface area contributed by atoms with E-state index in [0.29, 0.717) is 46.5 Å². The van der Waals surface area contributed by atoms with Gasteiger partial charge in [0.25, 0.3) is 0 Å². The van der Waals surface area contributed by atoms with E-state index in [1.165, 1.54) is 11.1 Å². The van der Waals surface area contributed by atoms with Crippen molar-refractivity contribution >= 4 is 66.6 Å². The first-order chi connectivity index (χ1) is 28.1. The normalized spacial score (nSPS) is 11.5. The van der Waals surface area contributed by atoms with Crippen LogP contribution in [0.15, 0.2) is 8.94 Å². The van der Waals surface area contributed by atoms with Crippen molar-refractivity contribution in [3.8, 4) is 0 Å². The molecule has 60 heavy (non-hydrogen) atoms. The van der Waals surface area contributed by atoms with Crippen molar-refractivity contribution in [2.24, 2.45) is 14.1 Å². The van der Waals surface area contributed by atoms with Crippen LogP contribution in [0.1, 0.15) is 136 Å². The van der Waals surface area contributed by atoms with Crippen LogP contribution in [0.5, 0.6) is 0 Å². The van der Waals surface area contributed by atoms with E-state index >= 15 is 0 Å². The van der Waals surface area contributed by atoms with Gasteiger partial charge in [0.1, 0.15) is 22.8 Å². The molecular weight excluding hydrogens is 761 g/mol. The van der Waals surface area contributed by atoms with Gasteiger partial charge in [-0.2, -0.15) is 25.5 Å². The van der Waals surface area contributed by atoms with Crippen LogP contribution in [0, 0.1) is 41.5 Å². The summed E-state index contributed by atoms with van der Waals surface area (Å²) in [5.74, 6) is 5.71. The van der Waals surface area contributed by atoms with E-state index < -0.39 is 0 Å². The van der Waals surface area contributed by atoms with Gasteiger partial charge < -0.3 is 36.4 Å². The molecule has 0 radical (unpaired) electrons. The zero-order valence-electron chi connectivity index (χ0n) is 37.8. The Labute approximate surface area is 349 Å². The van der Waals surface area contributed by atoms with Crippen molar-refractivity contribution in [3.63, 3.8) is 0 Å². The second-order valence-corrected chi connectivity index (χ2v) is 16.4. The smallest absolute Gasteiger partial charge is 0.176 e. The van der Waals surface area contributed by atoms with Crippen molar-refractivity contribution in [2.75, 3.05) is 22.9 Å². The van der Waals surface area contributed by atoms with Crippen LogP contribution >= 0.6 is 0 Å². The minimum atomic E-state index is 0.266. The van der Waals surface area contributed by atoms with E-state index in [9.17, 15) is 0 Å². The van der Waals surface area contributed by atoms with Gasteiger partial charge in [-0.1, -0.05) is 60.5 Å². The van der Waals surface area contributed by atoms with E-state index in [1.54, 1.807) is 0 Å². The molecule has 0 bridgehead atoms. The zero-order valence-corrected chi connectivity index (χ0v) is 37.8. The summed E-state index contributed by atoms with van der Waals surface area (Å²) >= 11 is 0. The first-order valence-corrected chi connectivity index (χ1v) is 20.0. The largest absolute Gasteiger partial charge is 0.465 e. The van der Waals surface area contributed by atoms with Crippen LogP contribution in [-0.2, 0) is 14.1 Å². The van der Waals surface area contributed by atoms with E-state index in [1.807, 2.05) is 60.2 Å². The number of aryl methyl sites for hydroxylation is 7. The number of anilines is 4. The molecule has 0 aliphatic carbocycles. The maximum atomic E-state index is 5.92. The standard InChI is InChI=1S/C12H18N4.C11H15N3O.C10H15N5.C9H12N4O/c1-6(2)11-9-7(3)14-15-12(13)10(9)8(4)16(11)5;1-5(2)10-8-6(3)13-14-11(12)9(8)7(4)15-10;1-5(2)9-7-6(3)12-13-10(11)8(7)14-15(9)4;1-4(2)8-6-5(3)11-12-9(10)7(6)13-14-8/h6H,1-5H3,(H2,13,15);5H,1-4H3,(H2,12,14);5H,1-4H3,(H2,11,13);4H,1-3H3,(H2,10,12). The van der Waals surface area contributed by atoms with E-state index in [4.69, 9.17) is 31.9 Å². The maximum Gasteiger partial charge on any atom is 0.176 e. The Morgan fingerprint density at radius 1 is 0.450 bits per heavy atom. The fraction of sp³-hybridized carbons (Fsp3) is 0.476. The molecule has 0 atom stereocenters. The highest BCUT2D eigenvalue weighted by Crippen LogP contribution is 2.36. The lowest BCUT2D eigenvalue weighted by Crippen LogP contribution is -2.00. The summed E-state index contributed by atoms with van der Waals surface area (Å²) < 4.78 is 15.0. The Bertz CT molecular complexity index is 2810. The average molecular weight is 821 g/mol. The van der Waals surface area contributed by atoms with Gasteiger partial charge in [0.2, 0.25) is 0 Å². The lowest BCUT2D eigenvalue weighted by atomic mass is 10.0. The third-order valence-electron chi connectivity index (χ3n) is 10.5. The second kappa shape index (κ2) is 17.4. The van der Waals surface area contributed by atoms with Crippen LogP contribution in [0.4, 0.5) is 23.3 Å². The summed E-state index contributed by atoms with van der Waals surface area (Å²) in [6.07, 6.45) is 0. The molecule has 0 aliphatic heterocycles. The molecule has 18 nitrogen and oxygen atoms in total. The predicted molar refractivity (Wildman–Crippen MR) is 239 cm³/mol. The number of fused-ring (bicyclic) bond motifs is 4. The van der Waals surface area contributed by atoms with E-state index in [-0.39, 0.29) is 5.92 Å². The average Bonchev–Trinajstić information content (AvgIpc) is 3.95. The Morgan fingerprint density at radius 3 is 1.42 bits per heavy atom. The van der Waals surface area contributed by atoms with Crippen LogP contribution in [0.3, 0.4) is 0 Å². The van der Waals surface area contributed by atoms with Gasteiger partial charge in [-0.25, -0.2) is 0 Å². The lowest BCUT2D eigenvalue weighted by molar-refractivity contribution is 0.378. The molecule has 0 saturated heterocycles. The van der Waals surface area contributed by atoms with Crippen LogP contribution < -0.4 is 22.9 Å². The third kappa shape index (κ3) is 8.22. The highest BCUT2D eigenvalue weighted by atomic mass is 16.5. The summed E-state index contributed by atoms with van der Waals surface area (Å²) in [6.45, 7) is 28.6. The number of hydrogen-bond donors (Lipinski definition) is 4. The summed E-state index contributed by atoms with van der Waals surface area (Å²) in [5.41, 5.74) is 31.6. The monoisotopic (exact) mass is 821 g/mol. The van der Waals surface area contributed by atoms with Crippen molar-refractivity contribution in [2.45, 2.75) is 121 Å². The van der Waals surface area contributed by atoms with Crippen LogP contribution in [0.25, 0.3) is 43.4 Å². The molecule has 8 heterocycles. The van der Waals surface area contributed by atoms with Gasteiger partial charge >= 0.3 is 0 Å². The van der Waals surface area contributed by atoms with Crippen molar-refractivity contribution < 1.29 is 8.94 Å². The molecule has 320 valence electrons. The van der Waals surface area contributed by atoms with Gasteiger partial charge in [0.15, 0.2) is 28.8 Å². The molecule has 8 N–H and O–H groups in total. The molecule has 0 saturated carbocycles. The molecule has 0 unspecified atom stereocenters. The van der Waals surface area contributed by atoms with Gasteiger partial charge in [-0.15, -0.1) is 20.4 Å². The number of nitrogens with two attached hydrogens (primary N) is 4. The molecule has 0 spiro atoms. The molecule has 8 aromatic heterocycles. The number of furan rings is 1. The van der Waals surface area contributed by atoms with Crippen molar-refractivity contribution in [1.29, 1.82) is 0 Å². The number of rotatable bonds is 4. The topological polar surface area (TPSA) is 269 Å². The molecule has 0 fully saturated rings. The Hall–Kier alpha value is -6.46. The van der Waals surface area contributed by atoms with Gasteiger partial charge in [0.05, 0.1) is 50.0 Å². The third-order valence-corrected chi connectivity index (χ3v) is 10.5. The van der Waals surface area contributed by atoms with Gasteiger partial charge in [-0.3, -0.25) is 4.68 Å². The minimum Gasteiger partial charge on any atom is -0.465 e. The molecule has 8 rings (SSSR count). The molecule has 8 aromatic rings. The Balaban J connectivity index is 0.000000152. The van der Waals surface area contributed by atoms with Crippen LogP contribution in [-0.4, -0.2) is 60.3 Å². The first kappa shape index (κ1) is 44.6. The number of hydrogen-bond acceptors (Lipinski definition) is 16. The van der Waals surface area contributed by atoms with E-state index in [0.717, 1.165) is 83.9 Å². The lowest BCUT2D eigenvalue weighted by Gasteiger charge is -2.09. The van der Waals surface area contributed by atoms with Crippen molar-refractivity contribution in [1.82, 2.24) is 60.3 Å². The molecule has 0 amide bonds. The highest BCUT2D eigenvalue weighted by molar-refractivity contribution is 5.98. The molecule has 0 aromatic carbocycles. The summed E-state index contributed by atoms with van der Waals surface area (Å²) in [7, 11) is 4.00. The Morgan fingerprint density at radius 2 is 0.900 bits per heavy atom. The number of aromatic nitrogens is 12. The fourth-order valence-electron chi connectivity index (χ4n) is 7.69. The maximum absolute atomic E-state index is 5.92. The SMILES string of the molecule is Cc1nnc(N)c2c(C)n(C)c(C(C)C)c12.Cc1nnc(N)c2c(C)oc(C(C)C)c12.Cc1nnc(N)c2nn(C)c(C(C)C)c12.Cc1nnc(N)c2noc(C(C)C)c12. The number of nitrogen functional groups attached to an aromatic ring is 4. The molecule has 18 heteroatoms. The van der Waals surface area contributed by atoms with Crippen LogP contribution in [0.2, 0.25) is 0 Å². The van der Waals surface area contributed by atoms with Gasteiger partial charge in [0, 0.05) is 48.1 Å². The van der Waals surface area contributed by atoms with E-state index in [2.05, 4.69) is 111 Å². The van der Waals surface area contributed by atoms with Crippen molar-refractivity contribution in [3.05, 3.63) is 57.1 Å². The summed E-state index contributed by atoms with van der Waals surface area (Å²) in [5, 5.41) is 46.1. The quantitative estimate of drug-likeness (QED) is 0.132. The summed E-state index contributed by atoms with van der Waals surface area (Å²) in [6, 6.07) is 0. The number of nitrogens with zero attached hydrogens (tertiary/aromatic N) is 12. The second-order valence-electron chi connectivity index (χ2n) is 16.4. The molecular formula is C42H60N16O2. The molecule has 0 aliphatic rings. The minimum absolute atomic E-state index is 0.266. The Kier molecular flexibility index (Phi) is 13.0. The fourth-order valence-corrected chi connectivity index (χ4v) is 7.69. The summed E-state index contributed by atoms with van der Waals surface area (Å²) in [4.78, 5) is 0. The zero-order chi connectivity index (χ0) is 44.7. The first-order valence-electron chi connectivity index (χ1n) is 20.0.